The summed E-state index contributed by atoms with van der Waals surface area (Å²) in [5.41, 5.74) is 0. The molecule has 0 rings (SSSR count). The van der Waals surface area contributed by atoms with Crippen LogP contribution in [0.25, 0.3) is 0 Å². The average Bonchev–Trinajstić information content (AvgIpc) is 2.43. The van der Waals surface area contributed by atoms with Crippen LogP contribution in [0, 0.1) is 5.92 Å². The van der Waals surface area contributed by atoms with E-state index >= 15 is 0 Å². The number of hydrogen-bond acceptors (Lipinski definition) is 4. The summed E-state index contributed by atoms with van der Waals surface area (Å²) < 4.78 is 5.14. The van der Waals surface area contributed by atoms with Crippen LogP contribution in [0.3, 0.4) is 0 Å². The van der Waals surface area contributed by atoms with Crippen LogP contribution < -0.4 is 10.6 Å². The van der Waals surface area contributed by atoms with Gasteiger partial charge >= 0.3 is 5.97 Å². The molecule has 3 N–H and O–H groups in total. The van der Waals surface area contributed by atoms with Gasteiger partial charge in [-0.2, -0.15) is 0 Å². The van der Waals surface area contributed by atoms with Gasteiger partial charge in [-0.05, 0) is 25.7 Å². The highest BCUT2D eigenvalue weighted by molar-refractivity contribution is 5.86. The van der Waals surface area contributed by atoms with E-state index in [1.807, 2.05) is 20.8 Å². The first-order valence-electron chi connectivity index (χ1n) is 7.73. The van der Waals surface area contributed by atoms with Crippen LogP contribution in [0.4, 0.5) is 0 Å². The summed E-state index contributed by atoms with van der Waals surface area (Å²) in [6.45, 7) is 7.42. The Hall–Kier alpha value is -1.63. The maximum absolute atomic E-state index is 11.7. The molecule has 22 heavy (non-hydrogen) atoms. The number of carbonyl (C=O) groups excluding carboxylic acids is 2. The number of nitrogens with one attached hydrogen (secondary N) is 2. The molecule has 0 aromatic heterocycles. The topological polar surface area (TPSA) is 105 Å². The quantitative estimate of drug-likeness (QED) is 0.464. The van der Waals surface area contributed by atoms with E-state index in [4.69, 9.17) is 9.84 Å². The van der Waals surface area contributed by atoms with Gasteiger partial charge < -0.3 is 20.5 Å². The van der Waals surface area contributed by atoms with Crippen molar-refractivity contribution in [2.45, 2.75) is 52.5 Å². The second kappa shape index (κ2) is 12.0. The van der Waals surface area contributed by atoms with Gasteiger partial charge in [-0.15, -0.1) is 0 Å². The lowest BCUT2D eigenvalue weighted by atomic mass is 10.0. The lowest BCUT2D eigenvalue weighted by Gasteiger charge is -2.16. The third kappa shape index (κ3) is 11.1. The SMILES string of the molecule is CCOCCCNC(=O)CCC(=O)NC(CC(C)C)C(=O)O. The minimum Gasteiger partial charge on any atom is -0.480 e. The fourth-order valence-electron chi connectivity index (χ4n) is 1.82. The number of carboxylic acid groups (broad SMARTS) is 1. The Morgan fingerprint density at radius 1 is 1.14 bits per heavy atom. The van der Waals surface area contributed by atoms with E-state index in [1.54, 1.807) is 0 Å². The first-order valence-corrected chi connectivity index (χ1v) is 7.73. The summed E-state index contributed by atoms with van der Waals surface area (Å²) >= 11 is 0. The summed E-state index contributed by atoms with van der Waals surface area (Å²) in [5, 5.41) is 14.2. The van der Waals surface area contributed by atoms with Gasteiger partial charge in [-0.1, -0.05) is 13.8 Å². The molecule has 0 saturated carbocycles. The lowest BCUT2D eigenvalue weighted by molar-refractivity contribution is -0.142. The summed E-state index contributed by atoms with van der Waals surface area (Å²) in [6.07, 6.45) is 1.12. The van der Waals surface area contributed by atoms with Gasteiger partial charge in [0.2, 0.25) is 11.8 Å². The minimum atomic E-state index is -1.05. The lowest BCUT2D eigenvalue weighted by Crippen LogP contribution is -2.42. The van der Waals surface area contributed by atoms with E-state index in [2.05, 4.69) is 10.6 Å². The smallest absolute Gasteiger partial charge is 0.326 e. The molecule has 0 aromatic carbocycles. The van der Waals surface area contributed by atoms with Crippen LogP contribution in [0.1, 0.15) is 46.5 Å². The number of carboxylic acids is 1. The molecular weight excluding hydrogens is 288 g/mol. The molecule has 0 aliphatic carbocycles. The second-order valence-electron chi connectivity index (χ2n) is 5.49. The van der Waals surface area contributed by atoms with E-state index in [0.29, 0.717) is 26.2 Å². The molecule has 7 nitrogen and oxygen atoms in total. The Morgan fingerprint density at radius 3 is 2.32 bits per heavy atom. The number of ether oxygens (including phenoxy) is 1. The largest absolute Gasteiger partial charge is 0.480 e. The summed E-state index contributed by atoms with van der Waals surface area (Å²) in [7, 11) is 0. The Bertz CT molecular complexity index is 358. The third-order valence-electron chi connectivity index (χ3n) is 2.91. The third-order valence-corrected chi connectivity index (χ3v) is 2.91. The molecule has 7 heteroatoms. The molecule has 0 saturated heterocycles. The van der Waals surface area contributed by atoms with E-state index in [9.17, 15) is 14.4 Å². The number of hydrogen-bond donors (Lipinski definition) is 3. The monoisotopic (exact) mass is 316 g/mol. The molecule has 0 fully saturated rings. The Balaban J connectivity index is 3.91. The van der Waals surface area contributed by atoms with Crippen molar-refractivity contribution in [2.24, 2.45) is 5.92 Å². The van der Waals surface area contributed by atoms with Crippen molar-refractivity contribution in [3.63, 3.8) is 0 Å². The fraction of sp³-hybridized carbons (Fsp3) is 0.800. The van der Waals surface area contributed by atoms with Crippen molar-refractivity contribution in [3.05, 3.63) is 0 Å². The van der Waals surface area contributed by atoms with Crippen molar-refractivity contribution in [1.82, 2.24) is 10.6 Å². The molecule has 0 heterocycles. The van der Waals surface area contributed by atoms with Crippen molar-refractivity contribution >= 4 is 17.8 Å². The average molecular weight is 316 g/mol. The van der Waals surface area contributed by atoms with Gasteiger partial charge in [-0.3, -0.25) is 9.59 Å². The van der Waals surface area contributed by atoms with Crippen LogP contribution in [-0.2, 0) is 19.1 Å². The highest BCUT2D eigenvalue weighted by Gasteiger charge is 2.21. The number of rotatable bonds is 12. The standard InChI is InChI=1S/C15H28N2O5/c1-4-22-9-5-8-16-13(18)6-7-14(19)17-12(15(20)21)10-11(2)3/h11-12H,4-10H2,1-3H3,(H,16,18)(H,17,19)(H,20,21). The molecule has 0 aliphatic rings. The van der Waals surface area contributed by atoms with Crippen molar-refractivity contribution < 1.29 is 24.2 Å². The van der Waals surface area contributed by atoms with Gasteiger partial charge in [0.15, 0.2) is 0 Å². The Morgan fingerprint density at radius 2 is 1.77 bits per heavy atom. The molecule has 0 spiro atoms. The molecule has 0 aliphatic heterocycles. The van der Waals surface area contributed by atoms with Gasteiger partial charge in [0, 0.05) is 32.6 Å². The maximum atomic E-state index is 11.7. The van der Waals surface area contributed by atoms with Crippen LogP contribution in [-0.4, -0.2) is 48.7 Å². The van der Waals surface area contributed by atoms with Crippen molar-refractivity contribution in [1.29, 1.82) is 0 Å². The molecule has 128 valence electrons. The maximum Gasteiger partial charge on any atom is 0.326 e. The van der Waals surface area contributed by atoms with E-state index in [0.717, 1.165) is 6.42 Å². The first-order chi connectivity index (χ1) is 10.4. The van der Waals surface area contributed by atoms with Crippen LogP contribution >= 0.6 is 0 Å². The Kier molecular flexibility index (Phi) is 11.1. The first kappa shape index (κ1) is 20.4. The number of carbonyl (C=O) groups is 3. The molecular formula is C15H28N2O5. The normalized spacial score (nSPS) is 12.0. The second-order valence-corrected chi connectivity index (χ2v) is 5.49. The van der Waals surface area contributed by atoms with E-state index in [-0.39, 0.29) is 24.7 Å². The van der Waals surface area contributed by atoms with Crippen LogP contribution in [0.5, 0.6) is 0 Å². The molecule has 0 aromatic rings. The van der Waals surface area contributed by atoms with Gasteiger partial charge in [0.25, 0.3) is 0 Å². The molecule has 1 atom stereocenters. The molecule has 2 amide bonds. The summed E-state index contributed by atoms with van der Waals surface area (Å²) in [4.78, 5) is 34.2. The summed E-state index contributed by atoms with van der Waals surface area (Å²) in [6, 6.07) is -0.901. The molecule has 0 radical (unpaired) electrons. The molecule has 1 unspecified atom stereocenters. The van der Waals surface area contributed by atoms with Gasteiger partial charge in [-0.25, -0.2) is 4.79 Å². The number of aliphatic carboxylic acids is 1. The fourth-order valence-corrected chi connectivity index (χ4v) is 1.82. The predicted octanol–water partition coefficient (Wildman–Crippen LogP) is 0.925. The zero-order valence-corrected chi connectivity index (χ0v) is 13.7. The highest BCUT2D eigenvalue weighted by atomic mass is 16.5. The zero-order chi connectivity index (χ0) is 17.0. The predicted molar refractivity (Wildman–Crippen MR) is 82.4 cm³/mol. The van der Waals surface area contributed by atoms with Crippen LogP contribution in [0.2, 0.25) is 0 Å². The van der Waals surface area contributed by atoms with E-state index < -0.39 is 17.9 Å². The van der Waals surface area contributed by atoms with Gasteiger partial charge in [0.1, 0.15) is 6.04 Å². The molecule has 0 bridgehead atoms. The summed E-state index contributed by atoms with van der Waals surface area (Å²) in [5.74, 6) is -1.53. The van der Waals surface area contributed by atoms with Crippen LogP contribution in [0.15, 0.2) is 0 Å². The van der Waals surface area contributed by atoms with E-state index in [1.165, 1.54) is 0 Å². The zero-order valence-electron chi connectivity index (χ0n) is 13.7. The number of amides is 2. The van der Waals surface area contributed by atoms with Gasteiger partial charge in [0.05, 0.1) is 0 Å². The highest BCUT2D eigenvalue weighted by Crippen LogP contribution is 2.05. The van der Waals surface area contributed by atoms with Crippen molar-refractivity contribution in [3.8, 4) is 0 Å². The minimum absolute atomic E-state index is 0.0147. The Labute approximate surface area is 131 Å². The van der Waals surface area contributed by atoms with Crippen molar-refractivity contribution in [2.75, 3.05) is 19.8 Å².